The van der Waals surface area contributed by atoms with Crippen LogP contribution in [0, 0.1) is 5.82 Å². The van der Waals surface area contributed by atoms with Crippen molar-refractivity contribution in [2.24, 2.45) is 0 Å². The third-order valence-corrected chi connectivity index (χ3v) is 2.13. The van der Waals surface area contributed by atoms with Gasteiger partial charge in [0, 0.05) is 6.61 Å². The zero-order valence-corrected chi connectivity index (χ0v) is 9.61. The topological polar surface area (TPSA) is 55.8 Å². The molecule has 0 fully saturated rings. The smallest absolute Gasteiger partial charge is 0.336 e. The number of hydrogen-bond acceptors (Lipinski definition) is 3. The van der Waals surface area contributed by atoms with E-state index in [2.05, 4.69) is 0 Å². The van der Waals surface area contributed by atoms with Crippen LogP contribution in [0.5, 0.6) is 0 Å². The molecule has 0 aromatic heterocycles. The Hall–Kier alpha value is -1.46. The van der Waals surface area contributed by atoms with E-state index in [9.17, 15) is 9.18 Å². The summed E-state index contributed by atoms with van der Waals surface area (Å²) in [5, 5.41) is 8.89. The predicted octanol–water partition coefficient (Wildman–Crippen LogP) is 2.08. The molecule has 94 valence electrons. The molecule has 0 spiro atoms. The van der Waals surface area contributed by atoms with E-state index in [4.69, 9.17) is 14.6 Å². The van der Waals surface area contributed by atoms with Crippen molar-refractivity contribution in [1.82, 2.24) is 0 Å². The molecule has 4 nitrogen and oxygen atoms in total. The molecule has 0 atom stereocenters. The molecule has 0 saturated carbocycles. The average Bonchev–Trinajstić information content (AvgIpc) is 2.28. The van der Waals surface area contributed by atoms with E-state index in [-0.39, 0.29) is 12.2 Å². The molecular weight excluding hydrogens is 227 g/mol. The summed E-state index contributed by atoms with van der Waals surface area (Å²) >= 11 is 0. The zero-order chi connectivity index (χ0) is 12.7. The highest BCUT2D eigenvalue weighted by Crippen LogP contribution is 2.12. The second-order valence-corrected chi connectivity index (χ2v) is 3.36. The second-order valence-electron chi connectivity index (χ2n) is 3.36. The predicted molar refractivity (Wildman–Crippen MR) is 59.5 cm³/mol. The van der Waals surface area contributed by atoms with Gasteiger partial charge in [-0.2, -0.15) is 0 Å². The van der Waals surface area contributed by atoms with Crippen LogP contribution in [-0.4, -0.2) is 30.9 Å². The van der Waals surface area contributed by atoms with Gasteiger partial charge in [0.05, 0.1) is 25.4 Å². The van der Waals surface area contributed by atoms with E-state index in [0.717, 1.165) is 6.07 Å². The molecule has 0 bridgehead atoms. The van der Waals surface area contributed by atoms with Crippen LogP contribution in [0.25, 0.3) is 0 Å². The number of carboxylic acids is 1. The van der Waals surface area contributed by atoms with Crippen molar-refractivity contribution in [3.63, 3.8) is 0 Å². The van der Waals surface area contributed by atoms with Crippen molar-refractivity contribution in [2.75, 3.05) is 19.8 Å². The van der Waals surface area contributed by atoms with Crippen LogP contribution in [-0.2, 0) is 16.1 Å². The number of aromatic carboxylic acids is 1. The van der Waals surface area contributed by atoms with Gasteiger partial charge in [0.25, 0.3) is 0 Å². The van der Waals surface area contributed by atoms with Crippen molar-refractivity contribution in [1.29, 1.82) is 0 Å². The largest absolute Gasteiger partial charge is 0.478 e. The Balaban J connectivity index is 2.56. The number of hydrogen-bond donors (Lipinski definition) is 1. The lowest BCUT2D eigenvalue weighted by atomic mass is 10.1. The molecule has 1 aromatic rings. The average molecular weight is 242 g/mol. The van der Waals surface area contributed by atoms with Gasteiger partial charge in [0.2, 0.25) is 0 Å². The number of ether oxygens (including phenoxy) is 2. The molecule has 0 aliphatic heterocycles. The first-order valence-corrected chi connectivity index (χ1v) is 5.32. The Morgan fingerprint density at radius 3 is 2.71 bits per heavy atom. The fourth-order valence-electron chi connectivity index (χ4n) is 1.33. The number of rotatable bonds is 7. The highest BCUT2D eigenvalue weighted by molar-refractivity contribution is 5.89. The fourth-order valence-corrected chi connectivity index (χ4v) is 1.33. The van der Waals surface area contributed by atoms with E-state index >= 15 is 0 Å². The van der Waals surface area contributed by atoms with Crippen molar-refractivity contribution >= 4 is 5.97 Å². The van der Waals surface area contributed by atoms with Crippen LogP contribution < -0.4 is 0 Å². The minimum Gasteiger partial charge on any atom is -0.478 e. The lowest BCUT2D eigenvalue weighted by Gasteiger charge is -2.07. The maximum Gasteiger partial charge on any atom is 0.336 e. The number of carbonyl (C=O) groups is 1. The highest BCUT2D eigenvalue weighted by atomic mass is 19.1. The molecule has 0 saturated heterocycles. The standard InChI is InChI=1S/C12H15FO4/c1-2-16-5-6-17-8-9-7-10(13)3-4-11(9)12(14)15/h3-4,7H,2,5-6,8H2,1H3,(H,14,15). The summed E-state index contributed by atoms with van der Waals surface area (Å²) in [6.45, 7) is 3.32. The summed E-state index contributed by atoms with van der Waals surface area (Å²) in [4.78, 5) is 10.9. The summed E-state index contributed by atoms with van der Waals surface area (Å²) in [6, 6.07) is 3.52. The Bertz CT molecular complexity index is 379. The minimum atomic E-state index is -1.09. The molecule has 0 aliphatic carbocycles. The van der Waals surface area contributed by atoms with Gasteiger partial charge >= 0.3 is 5.97 Å². The first-order chi connectivity index (χ1) is 8.15. The van der Waals surface area contributed by atoms with Gasteiger partial charge in [-0.1, -0.05) is 0 Å². The maximum absolute atomic E-state index is 13.0. The Labute approximate surface area is 99.0 Å². The molecule has 5 heteroatoms. The molecule has 0 amide bonds. The first-order valence-electron chi connectivity index (χ1n) is 5.32. The fraction of sp³-hybridized carbons (Fsp3) is 0.417. The van der Waals surface area contributed by atoms with Gasteiger partial charge in [-0.05, 0) is 30.7 Å². The maximum atomic E-state index is 13.0. The Morgan fingerprint density at radius 1 is 1.35 bits per heavy atom. The summed E-state index contributed by atoms with van der Waals surface area (Å²) in [5.74, 6) is -1.56. The van der Waals surface area contributed by atoms with Crippen LogP contribution in [0.2, 0.25) is 0 Å². The monoisotopic (exact) mass is 242 g/mol. The van der Waals surface area contributed by atoms with E-state index in [1.54, 1.807) is 0 Å². The molecule has 0 aliphatic rings. The van der Waals surface area contributed by atoms with Crippen molar-refractivity contribution in [3.8, 4) is 0 Å². The van der Waals surface area contributed by atoms with Gasteiger partial charge in [-0.15, -0.1) is 0 Å². The number of benzene rings is 1. The zero-order valence-electron chi connectivity index (χ0n) is 9.61. The van der Waals surface area contributed by atoms with E-state index < -0.39 is 11.8 Å². The van der Waals surface area contributed by atoms with E-state index in [0.29, 0.717) is 25.4 Å². The Morgan fingerprint density at radius 2 is 2.06 bits per heavy atom. The normalized spacial score (nSPS) is 10.5. The summed E-state index contributed by atoms with van der Waals surface area (Å²) in [7, 11) is 0. The van der Waals surface area contributed by atoms with Crippen LogP contribution in [0.15, 0.2) is 18.2 Å². The molecule has 1 N–H and O–H groups in total. The summed E-state index contributed by atoms with van der Waals surface area (Å²) < 4.78 is 23.2. The van der Waals surface area contributed by atoms with Crippen molar-refractivity contribution in [2.45, 2.75) is 13.5 Å². The van der Waals surface area contributed by atoms with Crippen LogP contribution in [0.1, 0.15) is 22.8 Å². The molecule has 0 unspecified atom stereocenters. The van der Waals surface area contributed by atoms with Crippen LogP contribution in [0.4, 0.5) is 4.39 Å². The molecular formula is C12H15FO4. The molecule has 1 aromatic carbocycles. The van der Waals surface area contributed by atoms with Crippen LogP contribution in [0.3, 0.4) is 0 Å². The van der Waals surface area contributed by atoms with Gasteiger partial charge < -0.3 is 14.6 Å². The van der Waals surface area contributed by atoms with Crippen molar-refractivity contribution in [3.05, 3.63) is 35.1 Å². The van der Waals surface area contributed by atoms with E-state index in [1.165, 1.54) is 12.1 Å². The summed E-state index contributed by atoms with van der Waals surface area (Å²) in [6.07, 6.45) is 0. The summed E-state index contributed by atoms with van der Waals surface area (Å²) in [5.41, 5.74) is 0.386. The molecule has 1 rings (SSSR count). The molecule has 17 heavy (non-hydrogen) atoms. The first kappa shape index (κ1) is 13.6. The quantitative estimate of drug-likeness (QED) is 0.744. The molecule has 0 heterocycles. The second kappa shape index (κ2) is 6.98. The Kier molecular flexibility index (Phi) is 5.59. The van der Waals surface area contributed by atoms with Gasteiger partial charge in [0.15, 0.2) is 0 Å². The minimum absolute atomic E-state index is 0.0582. The lowest BCUT2D eigenvalue weighted by Crippen LogP contribution is -2.08. The van der Waals surface area contributed by atoms with E-state index in [1.807, 2.05) is 6.92 Å². The van der Waals surface area contributed by atoms with Gasteiger partial charge in [0.1, 0.15) is 5.82 Å². The third kappa shape index (κ3) is 4.50. The molecule has 0 radical (unpaired) electrons. The third-order valence-electron chi connectivity index (χ3n) is 2.13. The van der Waals surface area contributed by atoms with Gasteiger partial charge in [-0.3, -0.25) is 0 Å². The number of halogens is 1. The number of carboxylic acid groups (broad SMARTS) is 1. The van der Waals surface area contributed by atoms with Gasteiger partial charge in [-0.25, -0.2) is 9.18 Å². The van der Waals surface area contributed by atoms with Crippen molar-refractivity contribution < 1.29 is 23.8 Å². The van der Waals surface area contributed by atoms with Crippen LogP contribution >= 0.6 is 0 Å². The lowest BCUT2D eigenvalue weighted by molar-refractivity contribution is 0.0443. The highest BCUT2D eigenvalue weighted by Gasteiger charge is 2.10. The SMILES string of the molecule is CCOCCOCc1cc(F)ccc1C(=O)O.